The van der Waals surface area contributed by atoms with Crippen molar-refractivity contribution >= 4 is 0 Å². The number of nitrogens with one attached hydrogen (secondary N) is 1. The molecule has 1 N–H and O–H groups in total. The molecule has 1 aromatic carbocycles. The zero-order valence-electron chi connectivity index (χ0n) is 11.7. The molecule has 0 aliphatic heterocycles. The van der Waals surface area contributed by atoms with Crippen LogP contribution in [0.25, 0.3) is 0 Å². The van der Waals surface area contributed by atoms with Crippen LogP contribution in [0.4, 0.5) is 4.39 Å². The molecule has 0 bridgehead atoms. The van der Waals surface area contributed by atoms with E-state index in [-0.39, 0.29) is 11.9 Å². The minimum atomic E-state index is -0.196. The molecule has 1 heterocycles. The fourth-order valence-electron chi connectivity index (χ4n) is 2.36. The van der Waals surface area contributed by atoms with E-state index in [1.807, 2.05) is 24.7 Å². The Hall–Kier alpha value is -1.68. The van der Waals surface area contributed by atoms with Crippen LogP contribution in [-0.4, -0.2) is 16.8 Å². The lowest BCUT2D eigenvalue weighted by molar-refractivity contribution is 0.536. The molecule has 1 aromatic heterocycles. The van der Waals surface area contributed by atoms with E-state index < -0.39 is 0 Å². The fraction of sp³-hybridized carbons (Fsp3) is 0.400. The normalized spacial score (nSPS) is 12.6. The molecule has 0 spiro atoms. The summed E-state index contributed by atoms with van der Waals surface area (Å²) in [7, 11) is 1.90. The summed E-state index contributed by atoms with van der Waals surface area (Å²) >= 11 is 0. The Kier molecular flexibility index (Phi) is 4.32. The molecular weight excluding hydrogens is 241 g/mol. The van der Waals surface area contributed by atoms with Crippen molar-refractivity contribution in [2.24, 2.45) is 0 Å². The van der Waals surface area contributed by atoms with Crippen molar-refractivity contribution in [3.05, 3.63) is 53.1 Å². The predicted molar refractivity (Wildman–Crippen MR) is 74.5 cm³/mol. The largest absolute Gasteiger partial charge is 0.313 e. The van der Waals surface area contributed by atoms with Crippen LogP contribution in [0.15, 0.2) is 30.3 Å². The average Bonchev–Trinajstić information content (AvgIpc) is 2.76. The van der Waals surface area contributed by atoms with Crippen molar-refractivity contribution in [1.29, 1.82) is 0 Å². The predicted octanol–water partition coefficient (Wildman–Crippen LogP) is 2.85. The molecule has 19 heavy (non-hydrogen) atoms. The van der Waals surface area contributed by atoms with Gasteiger partial charge in [-0.25, -0.2) is 4.39 Å². The first kappa shape index (κ1) is 13.7. The van der Waals surface area contributed by atoms with Gasteiger partial charge >= 0.3 is 0 Å². The number of aromatic nitrogens is 2. The Morgan fingerprint density at radius 3 is 2.79 bits per heavy atom. The number of aryl methyl sites for hydroxylation is 2. The van der Waals surface area contributed by atoms with E-state index in [4.69, 9.17) is 0 Å². The smallest absolute Gasteiger partial charge is 0.123 e. The van der Waals surface area contributed by atoms with Gasteiger partial charge in [0.05, 0.1) is 5.69 Å². The Labute approximate surface area is 113 Å². The first-order valence-electron chi connectivity index (χ1n) is 6.60. The number of rotatable bonds is 5. The van der Waals surface area contributed by atoms with Crippen molar-refractivity contribution in [2.75, 3.05) is 7.05 Å². The van der Waals surface area contributed by atoms with Gasteiger partial charge in [-0.05, 0) is 44.7 Å². The third-order valence-corrected chi connectivity index (χ3v) is 3.30. The molecule has 102 valence electrons. The van der Waals surface area contributed by atoms with E-state index in [1.165, 1.54) is 11.8 Å². The summed E-state index contributed by atoms with van der Waals surface area (Å²) in [5, 5.41) is 7.69. The number of halogens is 1. The second-order valence-corrected chi connectivity index (χ2v) is 4.69. The zero-order chi connectivity index (χ0) is 13.8. The van der Waals surface area contributed by atoms with Gasteiger partial charge < -0.3 is 5.32 Å². The van der Waals surface area contributed by atoms with Crippen molar-refractivity contribution in [1.82, 2.24) is 15.1 Å². The Bertz CT molecular complexity index is 548. The number of hydrogen-bond donors (Lipinski definition) is 1. The summed E-state index contributed by atoms with van der Waals surface area (Å²) in [4.78, 5) is 0. The van der Waals surface area contributed by atoms with E-state index in [0.29, 0.717) is 0 Å². The first-order chi connectivity index (χ1) is 9.13. The summed E-state index contributed by atoms with van der Waals surface area (Å²) in [6, 6.07) is 8.93. The first-order valence-corrected chi connectivity index (χ1v) is 6.60. The molecule has 4 heteroatoms. The minimum absolute atomic E-state index is 0.0945. The Morgan fingerprint density at radius 2 is 2.16 bits per heavy atom. The standard InChI is InChI=1S/C15H20FN3/c1-4-19-14(8-11(2)18-19)10-15(17-3)12-6-5-7-13(16)9-12/h5-9,15,17H,4,10H2,1-3H3. The van der Waals surface area contributed by atoms with Crippen molar-refractivity contribution in [3.63, 3.8) is 0 Å². The summed E-state index contributed by atoms with van der Waals surface area (Å²) in [6.45, 7) is 4.92. The summed E-state index contributed by atoms with van der Waals surface area (Å²) in [5.74, 6) is -0.196. The monoisotopic (exact) mass is 261 g/mol. The number of benzene rings is 1. The quantitative estimate of drug-likeness (QED) is 0.897. The molecule has 2 aromatic rings. The summed E-state index contributed by atoms with van der Waals surface area (Å²) in [5.41, 5.74) is 3.15. The fourth-order valence-corrected chi connectivity index (χ4v) is 2.36. The summed E-state index contributed by atoms with van der Waals surface area (Å²) < 4.78 is 15.3. The average molecular weight is 261 g/mol. The number of hydrogen-bond acceptors (Lipinski definition) is 2. The van der Waals surface area contributed by atoms with Crippen LogP contribution in [-0.2, 0) is 13.0 Å². The molecule has 0 aliphatic carbocycles. The van der Waals surface area contributed by atoms with E-state index in [2.05, 4.69) is 23.4 Å². The van der Waals surface area contributed by atoms with E-state index >= 15 is 0 Å². The highest BCUT2D eigenvalue weighted by Gasteiger charge is 2.14. The van der Waals surface area contributed by atoms with E-state index in [9.17, 15) is 4.39 Å². The molecular formula is C15H20FN3. The maximum absolute atomic E-state index is 13.3. The summed E-state index contributed by atoms with van der Waals surface area (Å²) in [6.07, 6.45) is 0.800. The van der Waals surface area contributed by atoms with Gasteiger partial charge in [-0.1, -0.05) is 12.1 Å². The van der Waals surface area contributed by atoms with Crippen molar-refractivity contribution in [3.8, 4) is 0 Å². The molecule has 0 saturated heterocycles. The molecule has 0 radical (unpaired) electrons. The second-order valence-electron chi connectivity index (χ2n) is 4.69. The topological polar surface area (TPSA) is 29.9 Å². The highest BCUT2D eigenvalue weighted by Crippen LogP contribution is 2.19. The number of likely N-dealkylation sites (N-methyl/N-ethyl adjacent to an activating group) is 1. The molecule has 0 saturated carbocycles. The molecule has 0 amide bonds. The molecule has 1 atom stereocenters. The lowest BCUT2D eigenvalue weighted by atomic mass is 10.0. The van der Waals surface area contributed by atoms with Crippen LogP contribution in [0.3, 0.4) is 0 Å². The third-order valence-electron chi connectivity index (χ3n) is 3.30. The van der Waals surface area contributed by atoms with Gasteiger partial charge in [-0.2, -0.15) is 5.10 Å². The van der Waals surface area contributed by atoms with E-state index in [0.717, 1.165) is 24.2 Å². The van der Waals surface area contributed by atoms with Crippen molar-refractivity contribution < 1.29 is 4.39 Å². The van der Waals surface area contributed by atoms with Gasteiger partial charge in [-0.15, -0.1) is 0 Å². The maximum atomic E-state index is 13.3. The van der Waals surface area contributed by atoms with Gasteiger partial charge in [-0.3, -0.25) is 4.68 Å². The van der Waals surface area contributed by atoms with Crippen LogP contribution in [0.5, 0.6) is 0 Å². The molecule has 0 fully saturated rings. The van der Waals surface area contributed by atoms with Crippen LogP contribution >= 0.6 is 0 Å². The van der Waals surface area contributed by atoms with Gasteiger partial charge in [0.15, 0.2) is 0 Å². The minimum Gasteiger partial charge on any atom is -0.313 e. The van der Waals surface area contributed by atoms with Gasteiger partial charge in [0, 0.05) is 24.7 Å². The van der Waals surface area contributed by atoms with Gasteiger partial charge in [0.1, 0.15) is 5.82 Å². The van der Waals surface area contributed by atoms with Crippen LogP contribution < -0.4 is 5.32 Å². The van der Waals surface area contributed by atoms with Crippen LogP contribution in [0, 0.1) is 12.7 Å². The maximum Gasteiger partial charge on any atom is 0.123 e. The second kappa shape index (κ2) is 5.97. The molecule has 2 rings (SSSR count). The lowest BCUT2D eigenvalue weighted by Gasteiger charge is -2.17. The lowest BCUT2D eigenvalue weighted by Crippen LogP contribution is -2.20. The van der Waals surface area contributed by atoms with Gasteiger partial charge in [0.2, 0.25) is 0 Å². The van der Waals surface area contributed by atoms with E-state index in [1.54, 1.807) is 12.1 Å². The van der Waals surface area contributed by atoms with Crippen LogP contribution in [0.2, 0.25) is 0 Å². The van der Waals surface area contributed by atoms with Gasteiger partial charge in [0.25, 0.3) is 0 Å². The van der Waals surface area contributed by atoms with Crippen LogP contribution in [0.1, 0.15) is 29.9 Å². The SMILES string of the molecule is CCn1nc(C)cc1CC(NC)c1cccc(F)c1. The third kappa shape index (κ3) is 3.20. The molecule has 3 nitrogen and oxygen atoms in total. The Balaban J connectivity index is 2.23. The highest BCUT2D eigenvalue weighted by atomic mass is 19.1. The molecule has 1 unspecified atom stereocenters. The molecule has 0 aliphatic rings. The Morgan fingerprint density at radius 1 is 1.37 bits per heavy atom. The number of nitrogens with zero attached hydrogens (tertiary/aromatic N) is 2. The zero-order valence-corrected chi connectivity index (χ0v) is 11.7. The van der Waals surface area contributed by atoms with Crippen molar-refractivity contribution in [2.45, 2.75) is 32.9 Å². The highest BCUT2D eigenvalue weighted by molar-refractivity contribution is 5.22.